The van der Waals surface area contributed by atoms with E-state index in [0.717, 1.165) is 22.2 Å². The van der Waals surface area contributed by atoms with Gasteiger partial charge in [-0.15, -0.1) is 11.3 Å². The molecule has 7 nitrogen and oxygen atoms in total. The molecule has 0 atom stereocenters. The summed E-state index contributed by atoms with van der Waals surface area (Å²) in [5.74, 6) is -0.0777. The minimum atomic E-state index is -0.475. The third kappa shape index (κ3) is 3.90. The van der Waals surface area contributed by atoms with Gasteiger partial charge in [0.25, 0.3) is 11.8 Å². The summed E-state index contributed by atoms with van der Waals surface area (Å²) in [5, 5.41) is 3.19. The summed E-state index contributed by atoms with van der Waals surface area (Å²) in [6, 6.07) is 15.1. The van der Waals surface area contributed by atoms with Crippen molar-refractivity contribution >= 4 is 34.1 Å². The maximum Gasteiger partial charge on any atom is 0.289 e. The molecule has 0 unspecified atom stereocenters. The van der Waals surface area contributed by atoms with E-state index in [0.29, 0.717) is 17.2 Å². The maximum atomic E-state index is 12.6. The summed E-state index contributed by atoms with van der Waals surface area (Å²) in [4.78, 5) is 29.3. The lowest BCUT2D eigenvalue weighted by atomic mass is 10.2. The molecule has 30 heavy (non-hydrogen) atoms. The van der Waals surface area contributed by atoms with Gasteiger partial charge in [-0.1, -0.05) is 18.2 Å². The molecule has 8 heteroatoms. The molecule has 4 rings (SSSR count). The van der Waals surface area contributed by atoms with Gasteiger partial charge in [0, 0.05) is 35.1 Å². The molecule has 152 valence electrons. The molecule has 2 amide bonds. The van der Waals surface area contributed by atoms with E-state index in [-0.39, 0.29) is 11.6 Å². The summed E-state index contributed by atoms with van der Waals surface area (Å²) in [6.07, 6.45) is 1.74. The Morgan fingerprint density at radius 1 is 1.07 bits per heavy atom. The van der Waals surface area contributed by atoms with Gasteiger partial charge in [-0.25, -0.2) is 4.98 Å². The highest BCUT2D eigenvalue weighted by Crippen LogP contribution is 2.26. The minimum Gasteiger partial charge on any atom is -0.494 e. The molecule has 0 aliphatic rings. The van der Waals surface area contributed by atoms with Gasteiger partial charge in [0.1, 0.15) is 16.5 Å². The number of hydrogen-bond acceptors (Lipinski definition) is 5. The van der Waals surface area contributed by atoms with Crippen molar-refractivity contribution in [1.29, 1.82) is 0 Å². The number of carbonyl (C=O) groups excluding carboxylic acids is 2. The first-order chi connectivity index (χ1) is 14.6. The van der Waals surface area contributed by atoms with Crippen LogP contribution in [0.25, 0.3) is 21.5 Å². The molecule has 4 aromatic rings. The molecule has 0 bridgehead atoms. The van der Waals surface area contributed by atoms with Gasteiger partial charge < -0.3 is 9.30 Å². The van der Waals surface area contributed by atoms with Crippen LogP contribution < -0.4 is 15.6 Å². The van der Waals surface area contributed by atoms with E-state index in [2.05, 4.69) is 15.8 Å². The predicted molar refractivity (Wildman–Crippen MR) is 117 cm³/mol. The topological polar surface area (TPSA) is 85.2 Å². The van der Waals surface area contributed by atoms with Gasteiger partial charge in [0.2, 0.25) is 0 Å². The van der Waals surface area contributed by atoms with Gasteiger partial charge in [-0.2, -0.15) is 0 Å². The number of hydrazine groups is 1. The van der Waals surface area contributed by atoms with Crippen LogP contribution in [-0.2, 0) is 7.05 Å². The second-order valence-corrected chi connectivity index (χ2v) is 7.43. The zero-order valence-corrected chi connectivity index (χ0v) is 17.3. The monoisotopic (exact) mass is 420 g/mol. The van der Waals surface area contributed by atoms with Crippen LogP contribution in [0.3, 0.4) is 0 Å². The van der Waals surface area contributed by atoms with Crippen LogP contribution in [0.2, 0.25) is 0 Å². The number of para-hydroxylation sites is 1. The maximum absolute atomic E-state index is 12.6. The van der Waals surface area contributed by atoms with Crippen LogP contribution in [0.15, 0.2) is 60.1 Å². The first-order valence-electron chi connectivity index (χ1n) is 9.40. The first kappa shape index (κ1) is 19.7. The summed E-state index contributed by atoms with van der Waals surface area (Å²) in [6.45, 7) is 2.53. The van der Waals surface area contributed by atoms with E-state index in [1.807, 2.05) is 67.1 Å². The molecule has 0 saturated heterocycles. The number of aromatic nitrogens is 2. The van der Waals surface area contributed by atoms with Crippen LogP contribution in [0.5, 0.6) is 5.75 Å². The van der Waals surface area contributed by atoms with Crippen molar-refractivity contribution in [2.45, 2.75) is 6.92 Å². The lowest BCUT2D eigenvalue weighted by Crippen LogP contribution is -2.41. The number of rotatable bonds is 5. The van der Waals surface area contributed by atoms with Crippen LogP contribution in [-0.4, -0.2) is 28.0 Å². The molecular weight excluding hydrogens is 400 g/mol. The standard InChI is InChI=1S/C22H20N4O3S/c1-3-29-15-10-8-14(9-11-15)22-23-18(13-30-22)21(28)25-24-20(27)17-12-26(2)19-7-5-4-6-16(17)19/h4-13H,3H2,1-2H3,(H,24,27)(H,25,28). The Morgan fingerprint density at radius 2 is 1.80 bits per heavy atom. The number of benzene rings is 2. The smallest absolute Gasteiger partial charge is 0.289 e. The number of nitrogens with one attached hydrogen (secondary N) is 2. The largest absolute Gasteiger partial charge is 0.494 e. The van der Waals surface area contributed by atoms with Crippen molar-refractivity contribution in [2.24, 2.45) is 7.05 Å². The third-order valence-electron chi connectivity index (χ3n) is 4.58. The molecule has 2 aromatic heterocycles. The Labute approximate surface area is 177 Å². The van der Waals surface area contributed by atoms with E-state index in [9.17, 15) is 9.59 Å². The highest BCUT2D eigenvalue weighted by atomic mass is 32.1. The third-order valence-corrected chi connectivity index (χ3v) is 5.47. The molecule has 0 aliphatic carbocycles. The number of hydrogen-bond donors (Lipinski definition) is 2. The fraction of sp³-hybridized carbons (Fsp3) is 0.136. The normalized spacial score (nSPS) is 10.7. The number of fused-ring (bicyclic) bond motifs is 1. The van der Waals surface area contributed by atoms with E-state index in [1.54, 1.807) is 11.6 Å². The Balaban J connectivity index is 1.42. The van der Waals surface area contributed by atoms with Crippen molar-refractivity contribution < 1.29 is 14.3 Å². The van der Waals surface area contributed by atoms with Crippen molar-refractivity contribution in [3.63, 3.8) is 0 Å². The van der Waals surface area contributed by atoms with Crippen LogP contribution in [0, 0.1) is 0 Å². The van der Waals surface area contributed by atoms with Gasteiger partial charge in [0.05, 0.1) is 12.2 Å². The Bertz CT molecular complexity index is 1210. The van der Waals surface area contributed by atoms with Crippen LogP contribution in [0.4, 0.5) is 0 Å². The Morgan fingerprint density at radius 3 is 2.57 bits per heavy atom. The minimum absolute atomic E-state index is 0.238. The fourth-order valence-corrected chi connectivity index (χ4v) is 3.94. The summed E-state index contributed by atoms with van der Waals surface area (Å²) in [5.41, 5.74) is 7.46. The van der Waals surface area contributed by atoms with E-state index < -0.39 is 5.91 Å². The van der Waals surface area contributed by atoms with E-state index in [4.69, 9.17) is 4.74 Å². The summed E-state index contributed by atoms with van der Waals surface area (Å²) < 4.78 is 7.31. The number of nitrogens with zero attached hydrogens (tertiary/aromatic N) is 2. The average molecular weight is 420 g/mol. The van der Waals surface area contributed by atoms with Gasteiger partial charge >= 0.3 is 0 Å². The molecule has 0 saturated carbocycles. The first-order valence-corrected chi connectivity index (χ1v) is 10.3. The van der Waals surface area contributed by atoms with E-state index >= 15 is 0 Å². The zero-order chi connectivity index (χ0) is 21.1. The molecule has 2 heterocycles. The SMILES string of the molecule is CCOc1ccc(-c2nc(C(=O)NNC(=O)c3cn(C)c4ccccc34)cs2)cc1. The highest BCUT2D eigenvalue weighted by Gasteiger charge is 2.16. The second kappa shape index (κ2) is 8.38. The van der Waals surface area contributed by atoms with Crippen molar-refractivity contribution in [3.05, 3.63) is 71.4 Å². The van der Waals surface area contributed by atoms with Gasteiger partial charge in [0.15, 0.2) is 0 Å². The van der Waals surface area contributed by atoms with Crippen molar-refractivity contribution in [3.8, 4) is 16.3 Å². The zero-order valence-electron chi connectivity index (χ0n) is 16.5. The van der Waals surface area contributed by atoms with Crippen LogP contribution >= 0.6 is 11.3 Å². The van der Waals surface area contributed by atoms with Gasteiger partial charge in [-0.3, -0.25) is 20.4 Å². The molecule has 0 radical (unpaired) electrons. The predicted octanol–water partition coefficient (Wildman–Crippen LogP) is 3.78. The van der Waals surface area contributed by atoms with E-state index in [1.165, 1.54) is 11.3 Å². The molecule has 2 aromatic carbocycles. The molecule has 0 aliphatic heterocycles. The number of thiazole rings is 1. The fourth-order valence-electron chi connectivity index (χ4n) is 3.14. The van der Waals surface area contributed by atoms with Gasteiger partial charge in [-0.05, 0) is 37.3 Å². The quantitative estimate of drug-likeness (QED) is 0.481. The molecule has 2 N–H and O–H groups in total. The summed E-state index contributed by atoms with van der Waals surface area (Å²) in [7, 11) is 1.87. The number of aryl methyl sites for hydroxylation is 1. The lowest BCUT2D eigenvalue weighted by molar-refractivity contribution is 0.0845. The number of amides is 2. The van der Waals surface area contributed by atoms with Crippen LogP contribution in [0.1, 0.15) is 27.8 Å². The number of ether oxygens (including phenoxy) is 1. The molecule has 0 spiro atoms. The second-order valence-electron chi connectivity index (χ2n) is 6.57. The number of carbonyl (C=O) groups is 2. The van der Waals surface area contributed by atoms with Crippen molar-refractivity contribution in [1.82, 2.24) is 20.4 Å². The summed E-state index contributed by atoms with van der Waals surface area (Å²) >= 11 is 1.36. The average Bonchev–Trinajstić information content (AvgIpc) is 3.38. The molecule has 0 fully saturated rings. The molecular formula is C22H20N4O3S. The lowest BCUT2D eigenvalue weighted by Gasteiger charge is -2.05. The highest BCUT2D eigenvalue weighted by molar-refractivity contribution is 7.13. The van der Waals surface area contributed by atoms with Crippen molar-refractivity contribution in [2.75, 3.05) is 6.61 Å². The Kier molecular flexibility index (Phi) is 5.49. The Hall–Kier alpha value is -3.65.